The van der Waals surface area contributed by atoms with Crippen LogP contribution in [0, 0.1) is 5.92 Å². The molecule has 2 amide bonds. The first-order chi connectivity index (χ1) is 18.1. The van der Waals surface area contributed by atoms with Crippen molar-refractivity contribution in [1.29, 1.82) is 0 Å². The zero-order chi connectivity index (χ0) is 25.2. The number of amides is 2. The van der Waals surface area contributed by atoms with Gasteiger partial charge in [0.05, 0.1) is 0 Å². The first-order valence-corrected chi connectivity index (χ1v) is 13.0. The summed E-state index contributed by atoms with van der Waals surface area (Å²) in [7, 11) is 0. The number of benzene rings is 2. The van der Waals surface area contributed by atoms with Gasteiger partial charge in [0, 0.05) is 56.0 Å². The minimum absolute atomic E-state index is 0.0166. The summed E-state index contributed by atoms with van der Waals surface area (Å²) in [5.74, 6) is 0.460. The van der Waals surface area contributed by atoms with E-state index in [1.807, 2.05) is 53.6 Å². The molecule has 37 heavy (non-hydrogen) atoms. The number of hydrogen-bond acceptors (Lipinski definition) is 5. The van der Waals surface area contributed by atoms with Crippen molar-refractivity contribution in [3.8, 4) is 11.1 Å². The minimum atomic E-state index is -0.0166. The van der Waals surface area contributed by atoms with Crippen molar-refractivity contribution in [2.24, 2.45) is 5.92 Å². The van der Waals surface area contributed by atoms with E-state index in [0.29, 0.717) is 17.2 Å². The Morgan fingerprint density at radius 2 is 1.70 bits per heavy atom. The van der Waals surface area contributed by atoms with Crippen LogP contribution < -0.4 is 5.32 Å². The summed E-state index contributed by atoms with van der Waals surface area (Å²) >= 11 is 0. The summed E-state index contributed by atoms with van der Waals surface area (Å²) in [6.45, 7) is 4.26. The molecule has 0 bridgehead atoms. The largest absolute Gasteiger partial charge is 0.337 e. The Kier molecular flexibility index (Phi) is 6.40. The molecule has 1 N–H and O–H groups in total. The Balaban J connectivity index is 1.13. The third-order valence-corrected chi connectivity index (χ3v) is 7.11. The Bertz CT molecular complexity index is 1410. The molecule has 6 rings (SSSR count). The van der Waals surface area contributed by atoms with Crippen LogP contribution in [-0.4, -0.2) is 62.4 Å². The summed E-state index contributed by atoms with van der Waals surface area (Å²) in [6.07, 6.45) is 4.64. The molecule has 1 aliphatic carbocycles. The zero-order valence-electron chi connectivity index (χ0n) is 20.7. The van der Waals surface area contributed by atoms with E-state index in [1.165, 1.54) is 5.56 Å². The molecule has 2 aromatic carbocycles. The van der Waals surface area contributed by atoms with Crippen molar-refractivity contribution in [2.45, 2.75) is 25.8 Å². The van der Waals surface area contributed by atoms with Crippen LogP contribution in [0.3, 0.4) is 0 Å². The van der Waals surface area contributed by atoms with Gasteiger partial charge in [0.2, 0.25) is 11.9 Å². The van der Waals surface area contributed by atoms with Crippen molar-refractivity contribution in [3.63, 3.8) is 0 Å². The molecule has 8 heteroatoms. The van der Waals surface area contributed by atoms with Gasteiger partial charge in [-0.15, -0.1) is 5.10 Å². The second kappa shape index (κ2) is 10.1. The van der Waals surface area contributed by atoms with Gasteiger partial charge in [-0.3, -0.25) is 19.8 Å². The monoisotopic (exact) mass is 494 g/mol. The highest BCUT2D eigenvalue weighted by atomic mass is 16.2. The predicted octanol–water partition coefficient (Wildman–Crippen LogP) is 4.09. The van der Waals surface area contributed by atoms with Crippen LogP contribution in [-0.2, 0) is 11.3 Å². The molecule has 188 valence electrons. The van der Waals surface area contributed by atoms with E-state index < -0.39 is 0 Å². The number of carbonyl (C=O) groups is 2. The lowest BCUT2D eigenvalue weighted by atomic mass is 10.0. The van der Waals surface area contributed by atoms with Crippen molar-refractivity contribution >= 4 is 23.4 Å². The van der Waals surface area contributed by atoms with Crippen LogP contribution >= 0.6 is 0 Å². The Morgan fingerprint density at radius 1 is 0.892 bits per heavy atom. The maximum atomic E-state index is 13.3. The van der Waals surface area contributed by atoms with Crippen LogP contribution in [0.5, 0.6) is 0 Å². The average Bonchev–Trinajstić information content (AvgIpc) is 3.73. The molecule has 2 aliphatic rings. The third-order valence-electron chi connectivity index (χ3n) is 7.11. The molecule has 0 spiro atoms. The fourth-order valence-corrected chi connectivity index (χ4v) is 4.89. The molecule has 0 unspecified atom stereocenters. The topological polar surface area (TPSA) is 82.8 Å². The SMILES string of the molecule is O=C(Nc1nc2c(-c3ccc(C(=O)N4CCCN(Cc5ccccc5)CC4)cc3)cccn2n1)C1CC1. The van der Waals surface area contributed by atoms with E-state index in [-0.39, 0.29) is 17.7 Å². The number of hydrogen-bond donors (Lipinski definition) is 1. The van der Waals surface area contributed by atoms with Gasteiger partial charge in [0.25, 0.3) is 5.91 Å². The van der Waals surface area contributed by atoms with Crippen LogP contribution in [0.25, 0.3) is 16.8 Å². The Labute approximate surface area is 215 Å². The van der Waals surface area contributed by atoms with Gasteiger partial charge in [0.1, 0.15) is 0 Å². The normalized spacial score (nSPS) is 16.5. The van der Waals surface area contributed by atoms with Crippen molar-refractivity contribution in [1.82, 2.24) is 24.4 Å². The summed E-state index contributed by atoms with van der Waals surface area (Å²) < 4.78 is 1.68. The highest BCUT2D eigenvalue weighted by molar-refractivity contribution is 5.95. The van der Waals surface area contributed by atoms with E-state index in [0.717, 1.165) is 63.1 Å². The lowest BCUT2D eigenvalue weighted by Crippen LogP contribution is -2.35. The van der Waals surface area contributed by atoms with E-state index in [2.05, 4.69) is 44.6 Å². The van der Waals surface area contributed by atoms with E-state index >= 15 is 0 Å². The average molecular weight is 495 g/mol. The summed E-state index contributed by atoms with van der Waals surface area (Å²) in [5.41, 5.74) is 4.49. The van der Waals surface area contributed by atoms with Crippen molar-refractivity contribution in [3.05, 3.63) is 84.1 Å². The molecule has 0 atom stereocenters. The number of carbonyl (C=O) groups excluding carboxylic acids is 2. The predicted molar refractivity (Wildman–Crippen MR) is 142 cm³/mol. The lowest BCUT2D eigenvalue weighted by molar-refractivity contribution is -0.117. The fraction of sp³-hybridized carbons (Fsp3) is 0.310. The molecule has 8 nitrogen and oxygen atoms in total. The van der Waals surface area contributed by atoms with Gasteiger partial charge in [-0.1, -0.05) is 42.5 Å². The summed E-state index contributed by atoms with van der Waals surface area (Å²) in [6, 6.07) is 22.1. The number of anilines is 1. The van der Waals surface area contributed by atoms with Crippen LogP contribution in [0.15, 0.2) is 72.9 Å². The van der Waals surface area contributed by atoms with Crippen LogP contribution in [0.1, 0.15) is 35.2 Å². The number of pyridine rings is 1. The Morgan fingerprint density at radius 3 is 2.49 bits per heavy atom. The van der Waals surface area contributed by atoms with Gasteiger partial charge in [0.15, 0.2) is 5.65 Å². The summed E-state index contributed by atoms with van der Waals surface area (Å²) in [4.78, 5) is 34.4. The molecule has 2 aromatic heterocycles. The van der Waals surface area contributed by atoms with E-state index in [4.69, 9.17) is 0 Å². The molecule has 1 saturated heterocycles. The van der Waals surface area contributed by atoms with Gasteiger partial charge in [-0.25, -0.2) is 4.52 Å². The summed E-state index contributed by atoms with van der Waals surface area (Å²) in [5, 5.41) is 7.22. The molecule has 1 aliphatic heterocycles. The van der Waals surface area contributed by atoms with Crippen molar-refractivity contribution in [2.75, 3.05) is 31.5 Å². The maximum absolute atomic E-state index is 13.3. The fourth-order valence-electron chi connectivity index (χ4n) is 4.89. The van der Waals surface area contributed by atoms with Gasteiger partial charge >= 0.3 is 0 Å². The molecule has 1 saturated carbocycles. The van der Waals surface area contributed by atoms with Crippen molar-refractivity contribution < 1.29 is 9.59 Å². The second-order valence-electron chi connectivity index (χ2n) is 9.87. The first-order valence-electron chi connectivity index (χ1n) is 13.0. The Hall–Kier alpha value is -4.04. The number of rotatable bonds is 6. The van der Waals surface area contributed by atoms with E-state index in [1.54, 1.807) is 4.52 Å². The standard InChI is InChI=1S/C29H30N6O2/c36-27(23-11-12-23)31-29-30-26-25(8-4-17-35(26)32-29)22-9-13-24(14-10-22)28(37)34-16-5-15-33(18-19-34)20-21-6-2-1-3-7-21/h1-4,6-10,13-14,17,23H,5,11-12,15-16,18-20H2,(H,31,32,36). The van der Waals surface area contributed by atoms with Crippen LogP contribution in [0.2, 0.25) is 0 Å². The molecular formula is C29H30N6O2. The third kappa shape index (κ3) is 5.24. The number of aromatic nitrogens is 3. The number of nitrogens with one attached hydrogen (secondary N) is 1. The van der Waals surface area contributed by atoms with Gasteiger partial charge in [-0.2, -0.15) is 4.98 Å². The van der Waals surface area contributed by atoms with Gasteiger partial charge in [-0.05, 0) is 54.7 Å². The first kappa shape index (κ1) is 23.4. The minimum Gasteiger partial charge on any atom is -0.337 e. The van der Waals surface area contributed by atoms with Crippen LogP contribution in [0.4, 0.5) is 5.95 Å². The highest BCUT2D eigenvalue weighted by Crippen LogP contribution is 2.30. The zero-order valence-corrected chi connectivity index (χ0v) is 20.7. The number of fused-ring (bicyclic) bond motifs is 1. The molecular weight excluding hydrogens is 464 g/mol. The molecule has 2 fully saturated rings. The molecule has 3 heterocycles. The van der Waals surface area contributed by atoms with Gasteiger partial charge < -0.3 is 4.90 Å². The lowest BCUT2D eigenvalue weighted by Gasteiger charge is -2.22. The van der Waals surface area contributed by atoms with E-state index in [9.17, 15) is 9.59 Å². The maximum Gasteiger partial charge on any atom is 0.253 e. The highest BCUT2D eigenvalue weighted by Gasteiger charge is 2.30. The quantitative estimate of drug-likeness (QED) is 0.437. The second-order valence-corrected chi connectivity index (χ2v) is 9.87. The molecule has 4 aromatic rings. The number of nitrogens with zero attached hydrogens (tertiary/aromatic N) is 5. The smallest absolute Gasteiger partial charge is 0.253 e. The molecule has 0 radical (unpaired) electrons.